The summed E-state index contributed by atoms with van der Waals surface area (Å²) in [7, 11) is 3.57. The van der Waals surface area contributed by atoms with Gasteiger partial charge >= 0.3 is 17.9 Å². The molecular weight excluding hydrogens is 1460 g/mol. The van der Waals surface area contributed by atoms with Crippen molar-refractivity contribution in [2.75, 3.05) is 41.0 Å². The zero-order chi connectivity index (χ0) is 74.4. The highest BCUT2D eigenvalue weighted by atomic mass is 35.5. The van der Waals surface area contributed by atoms with Gasteiger partial charge in [0.25, 0.3) is 47.3 Å². The molecule has 0 saturated carbocycles. The number of esters is 3. The van der Waals surface area contributed by atoms with Crippen molar-refractivity contribution >= 4 is 146 Å². The van der Waals surface area contributed by atoms with Crippen LogP contribution in [0, 0.1) is 20.8 Å². The van der Waals surface area contributed by atoms with Gasteiger partial charge in [-0.15, -0.1) is 58.8 Å². The van der Waals surface area contributed by atoms with E-state index in [1.165, 1.54) is 46.0 Å². The number of rotatable bonds is 25. The van der Waals surface area contributed by atoms with Gasteiger partial charge in [-0.3, -0.25) is 43.5 Å². The number of nitrogens with zero attached hydrogens (tertiary/aromatic N) is 2. The first kappa shape index (κ1) is 82.2. The predicted octanol–water partition coefficient (Wildman–Crippen LogP) is 6.31. The third kappa shape index (κ3) is 22.4. The summed E-state index contributed by atoms with van der Waals surface area (Å²) in [5.41, 5.74) is 11.9. The highest BCUT2D eigenvalue weighted by Gasteiger charge is 2.29. The van der Waals surface area contributed by atoms with Crippen LogP contribution < -0.4 is 48.3 Å². The van der Waals surface area contributed by atoms with Crippen LogP contribution in [0.5, 0.6) is 17.2 Å². The van der Waals surface area contributed by atoms with Crippen molar-refractivity contribution in [3.05, 3.63) is 214 Å². The molecule has 15 N–H and O–H groups in total. The number of nitrogens with one attached hydrogen (secondary N) is 10. The first-order valence-electron chi connectivity index (χ1n) is 31.1. The number of carbonyl (C=O) groups is 11. The molecule has 0 fully saturated rings. The number of imidazole rings is 1. The summed E-state index contributed by atoms with van der Waals surface area (Å²) >= 11 is 2.97. The lowest BCUT2D eigenvalue weighted by Gasteiger charge is -2.17. The molecule has 0 aliphatic rings. The number of phenols is 3. The lowest BCUT2D eigenvalue weighted by Crippen LogP contribution is -2.49. The molecule has 0 spiro atoms. The number of amides is 8. The number of thiophene rings is 3. The summed E-state index contributed by atoms with van der Waals surface area (Å²) in [5, 5.41) is 57.1. The second-order valence-electron chi connectivity index (χ2n) is 22.5. The van der Waals surface area contributed by atoms with Gasteiger partial charge in [0.15, 0.2) is 0 Å². The first-order valence-corrected chi connectivity index (χ1v) is 33.6. The van der Waals surface area contributed by atoms with Crippen molar-refractivity contribution < 1.29 is 82.3 Å². The Labute approximate surface area is 623 Å². The maximum Gasteiger partial charge on any atom is 0.330 e. The molecule has 5 aromatic heterocycles. The van der Waals surface area contributed by atoms with Gasteiger partial charge in [0.1, 0.15) is 40.9 Å². The molecular formula is C70H73Cl2N13O17S3. The number of aromatic hydroxyl groups is 3. The van der Waals surface area contributed by atoms with Gasteiger partial charge in [-0.1, -0.05) is 48.5 Å². The molecule has 0 aliphatic heterocycles. The fourth-order valence-corrected chi connectivity index (χ4v) is 12.8. The molecule has 0 aliphatic carbocycles. The van der Waals surface area contributed by atoms with Crippen molar-refractivity contribution in [3.8, 4) is 17.2 Å². The van der Waals surface area contributed by atoms with Crippen LogP contribution in [0.15, 0.2) is 140 Å². The Bertz CT molecular complexity index is 4580. The van der Waals surface area contributed by atoms with Gasteiger partial charge in [0.05, 0.1) is 85.3 Å². The van der Waals surface area contributed by atoms with Crippen molar-refractivity contribution in [2.45, 2.75) is 58.5 Å². The number of halogens is 2. The van der Waals surface area contributed by atoms with E-state index < -0.39 is 65.6 Å². The molecule has 0 radical (unpaired) electrons. The lowest BCUT2D eigenvalue weighted by atomic mass is 10.1. The van der Waals surface area contributed by atoms with Crippen molar-refractivity contribution in [1.82, 2.24) is 62.7 Å². The van der Waals surface area contributed by atoms with E-state index >= 15 is 0 Å². The number of carbonyl (C=O) groups excluding carboxylic acids is 11. The summed E-state index contributed by atoms with van der Waals surface area (Å²) in [6, 6.07) is 31.3. The number of aromatic amines is 2. The summed E-state index contributed by atoms with van der Waals surface area (Å²) in [4.78, 5) is 147. The van der Waals surface area contributed by atoms with E-state index in [9.17, 15) is 68.1 Å². The van der Waals surface area contributed by atoms with E-state index in [1.807, 2.05) is 0 Å². The van der Waals surface area contributed by atoms with Gasteiger partial charge in [-0.25, -0.2) is 19.4 Å². The van der Waals surface area contributed by atoms with Crippen LogP contribution in [0.1, 0.15) is 112 Å². The highest BCUT2D eigenvalue weighted by Crippen LogP contribution is 2.26. The van der Waals surface area contributed by atoms with Crippen LogP contribution in [0.2, 0.25) is 0 Å². The number of benzene rings is 5. The number of nitrogens with two attached hydrogens (primary N) is 1. The number of hydrogen-bond acceptors (Lipinski definition) is 23. The molecule has 8 amide bonds. The van der Waals surface area contributed by atoms with Crippen LogP contribution >= 0.6 is 58.8 Å². The molecule has 10 rings (SSSR count). The van der Waals surface area contributed by atoms with E-state index in [0.29, 0.717) is 69.3 Å². The standard InChI is InChI=1S/2C26H25N5O6S.C18H21N3O5S.2ClH/c1-14-9-21(24(34)27-11-15-5-3-6-16(32)10-15)38-22(14)25(35)30-20(26(36)37-2)13-28-23(33)17-7-4-8-19-18(17)12-29-31-19;1-14-9-20(24(34)27-11-15-5-3-6-16(32)10-15)38-22(14)25(35)31-19(26(36)37-2)12-28-23(33)17-7-4-8-18-21(17)30-13-29-18;1-10-6-14(16(23)20-9-11-4-3-5-12(22)7-11)27-15(10)17(24)21-13(8-19)18(25)26-2;;/h3-10,12,20,32H,11,13H2,1-2H3,(H,27,34)(H,28,33)(H,29,31)(H,30,35);3-10,13,19,32H,11-12H2,1-2H3,(H,27,34)(H,28,33)(H,29,30)(H,31,35);3-7,13,22H,8-9,19H2,1-2H3,(H,20,23)(H,21,24);2*1H/t20-;19-;13-;;/m000../s1. The van der Waals surface area contributed by atoms with E-state index in [2.05, 4.69) is 67.4 Å². The number of hydrogen-bond donors (Lipinski definition) is 14. The van der Waals surface area contributed by atoms with Gasteiger partial charge in [-0.2, -0.15) is 5.10 Å². The van der Waals surface area contributed by atoms with Crippen molar-refractivity contribution in [3.63, 3.8) is 0 Å². The van der Waals surface area contributed by atoms with Gasteiger partial charge in [-0.05, 0) is 133 Å². The number of fused-ring (bicyclic) bond motifs is 2. The fourth-order valence-electron chi connectivity index (χ4n) is 9.86. The van der Waals surface area contributed by atoms with Gasteiger partial charge in [0, 0.05) is 44.7 Å². The third-order valence-electron chi connectivity index (χ3n) is 15.1. The third-order valence-corrected chi connectivity index (χ3v) is 18.8. The summed E-state index contributed by atoms with van der Waals surface area (Å²) in [6.45, 7) is 5.16. The molecule has 30 nitrogen and oxygen atoms in total. The predicted molar refractivity (Wildman–Crippen MR) is 395 cm³/mol. The number of phenolic OH excluding ortho intramolecular Hbond substituents is 3. The van der Waals surface area contributed by atoms with Crippen LogP contribution in [0.25, 0.3) is 21.9 Å². The smallest absolute Gasteiger partial charge is 0.330 e. The topological polar surface area (TPSA) is 456 Å². The minimum absolute atomic E-state index is 0. The molecule has 552 valence electrons. The molecule has 0 bridgehead atoms. The molecule has 0 unspecified atom stereocenters. The van der Waals surface area contributed by atoms with Crippen molar-refractivity contribution in [2.24, 2.45) is 5.73 Å². The average Bonchev–Trinajstić information content (AvgIpc) is 1.71. The first-order chi connectivity index (χ1) is 49.4. The molecule has 10 aromatic rings. The zero-order valence-corrected chi connectivity index (χ0v) is 60.9. The summed E-state index contributed by atoms with van der Waals surface area (Å²) in [6.07, 6.45) is 3.00. The van der Waals surface area contributed by atoms with Crippen molar-refractivity contribution in [1.29, 1.82) is 0 Å². The van der Waals surface area contributed by atoms with E-state index in [4.69, 9.17) is 15.2 Å². The minimum Gasteiger partial charge on any atom is -0.508 e. The fraction of sp³-hybridized carbons (Fsp3) is 0.214. The Balaban J connectivity index is 0.000000249. The summed E-state index contributed by atoms with van der Waals surface area (Å²) in [5.74, 6) is -5.49. The molecule has 0 saturated heterocycles. The minimum atomic E-state index is -1.17. The number of ether oxygens (including phenoxy) is 3. The molecule has 3 atom stereocenters. The van der Waals surface area contributed by atoms with E-state index in [-0.39, 0.29) is 109 Å². The van der Waals surface area contributed by atoms with Crippen LogP contribution in [0.3, 0.4) is 0 Å². The Morgan fingerprint density at radius 3 is 1.21 bits per heavy atom. The van der Waals surface area contributed by atoms with Crippen LogP contribution in [-0.4, -0.2) is 160 Å². The monoisotopic (exact) mass is 1530 g/mol. The Morgan fingerprint density at radius 2 is 0.819 bits per heavy atom. The summed E-state index contributed by atoms with van der Waals surface area (Å²) < 4.78 is 14.2. The maximum atomic E-state index is 13.0. The SMILES string of the molecule is COC(=O)[C@H](CN)NC(=O)c1sc(C(=O)NCc2cccc(O)c2)cc1C.COC(=O)[C@H](CNC(=O)c1cccc2[nH]cnc12)NC(=O)c1sc(C(=O)NCc2cccc(O)c2)cc1C.COC(=O)[C@H](CNC(=O)c1cccc2[nH]ncc12)NC(=O)c1sc(C(=O)NCc2cccc(O)c2)cc1C.Cl.Cl. The molecule has 5 aromatic carbocycles. The lowest BCUT2D eigenvalue weighted by molar-refractivity contribution is -0.143. The number of methoxy groups -OCH3 is 3. The zero-order valence-electron chi connectivity index (χ0n) is 56.8. The normalized spacial score (nSPS) is 11.3. The molecule has 105 heavy (non-hydrogen) atoms. The average molecular weight is 1540 g/mol. The Kier molecular flexibility index (Phi) is 30.6. The van der Waals surface area contributed by atoms with Gasteiger partial charge in [0.2, 0.25) is 0 Å². The molecule has 5 heterocycles. The van der Waals surface area contributed by atoms with E-state index in [1.54, 1.807) is 136 Å². The van der Waals surface area contributed by atoms with E-state index in [0.717, 1.165) is 50.7 Å². The largest absolute Gasteiger partial charge is 0.508 e. The Morgan fingerprint density at radius 1 is 0.457 bits per heavy atom. The second kappa shape index (κ2) is 39.1. The highest BCUT2D eigenvalue weighted by molar-refractivity contribution is 7.17. The quantitative estimate of drug-likeness (QED) is 0.0220. The number of H-pyrrole nitrogens is 2. The van der Waals surface area contributed by atoms with Crippen LogP contribution in [0.4, 0.5) is 0 Å². The van der Waals surface area contributed by atoms with Crippen LogP contribution in [-0.2, 0) is 48.2 Å². The maximum absolute atomic E-state index is 13.0. The number of para-hydroxylation sites is 1. The number of aryl methyl sites for hydroxylation is 3. The second-order valence-corrected chi connectivity index (χ2v) is 25.6. The molecule has 35 heteroatoms. The Hall–Kier alpha value is -11.8. The van der Waals surface area contributed by atoms with Gasteiger partial charge < -0.3 is 82.8 Å². The number of aromatic nitrogens is 4.